The average molecular weight is 251 g/mol. The molecule has 0 saturated carbocycles. The molecular formula is C15H13N3O. The van der Waals surface area contributed by atoms with E-state index in [1.807, 2.05) is 24.1 Å². The zero-order valence-corrected chi connectivity index (χ0v) is 10.8. The van der Waals surface area contributed by atoms with E-state index in [2.05, 4.69) is 11.1 Å². The Morgan fingerprint density at radius 2 is 1.95 bits per heavy atom. The number of aromatic nitrogens is 1. The molecule has 0 aliphatic heterocycles. The molecule has 1 aromatic heterocycles. The highest BCUT2D eigenvalue weighted by Gasteiger charge is 2.07. The molecule has 0 aliphatic carbocycles. The van der Waals surface area contributed by atoms with Crippen molar-refractivity contribution in [2.75, 3.05) is 11.9 Å². The third-order valence-electron chi connectivity index (χ3n) is 2.88. The fourth-order valence-corrected chi connectivity index (χ4v) is 1.71. The van der Waals surface area contributed by atoms with E-state index >= 15 is 0 Å². The molecule has 0 fully saturated rings. The van der Waals surface area contributed by atoms with Gasteiger partial charge in [0.25, 0.3) is 0 Å². The topological polar surface area (TPSA) is 57.0 Å². The second-order valence-electron chi connectivity index (χ2n) is 4.18. The van der Waals surface area contributed by atoms with Gasteiger partial charge in [0, 0.05) is 24.5 Å². The monoisotopic (exact) mass is 251 g/mol. The lowest BCUT2D eigenvalue weighted by Crippen LogP contribution is -2.11. The summed E-state index contributed by atoms with van der Waals surface area (Å²) in [5.41, 5.74) is 2.15. The van der Waals surface area contributed by atoms with Crippen LogP contribution in [0, 0.1) is 11.3 Å². The molecule has 1 heterocycles. The van der Waals surface area contributed by atoms with Crippen molar-refractivity contribution in [1.29, 1.82) is 5.26 Å². The van der Waals surface area contributed by atoms with Gasteiger partial charge >= 0.3 is 0 Å². The van der Waals surface area contributed by atoms with Gasteiger partial charge < -0.3 is 4.90 Å². The molecule has 0 unspecified atom stereocenters. The lowest BCUT2D eigenvalue weighted by Gasteiger charge is -2.18. The van der Waals surface area contributed by atoms with Crippen LogP contribution in [0.25, 0.3) is 0 Å². The van der Waals surface area contributed by atoms with Crippen molar-refractivity contribution in [2.24, 2.45) is 0 Å². The van der Waals surface area contributed by atoms with Crippen molar-refractivity contribution in [2.45, 2.75) is 6.92 Å². The summed E-state index contributed by atoms with van der Waals surface area (Å²) in [5.74, 6) is 0.703. The summed E-state index contributed by atoms with van der Waals surface area (Å²) in [6.45, 7) is 1.53. The largest absolute Gasteiger partial charge is 0.329 e. The summed E-state index contributed by atoms with van der Waals surface area (Å²) in [6.07, 6.45) is 1.62. The Morgan fingerprint density at radius 3 is 2.53 bits per heavy atom. The molecule has 19 heavy (non-hydrogen) atoms. The molecule has 4 heteroatoms. The lowest BCUT2D eigenvalue weighted by atomic mass is 10.2. The van der Waals surface area contributed by atoms with Crippen molar-refractivity contribution in [3.63, 3.8) is 0 Å². The van der Waals surface area contributed by atoms with Crippen LogP contribution in [-0.2, 0) is 0 Å². The number of carbonyl (C=O) groups is 1. The van der Waals surface area contributed by atoms with Crippen LogP contribution in [0.3, 0.4) is 0 Å². The smallest absolute Gasteiger partial charge is 0.159 e. The van der Waals surface area contributed by atoms with Gasteiger partial charge in [0.2, 0.25) is 0 Å². The van der Waals surface area contributed by atoms with Crippen LogP contribution in [0.4, 0.5) is 11.5 Å². The highest BCUT2D eigenvalue weighted by Crippen LogP contribution is 2.22. The van der Waals surface area contributed by atoms with E-state index in [4.69, 9.17) is 5.26 Å². The van der Waals surface area contributed by atoms with Crippen molar-refractivity contribution in [3.8, 4) is 6.07 Å². The van der Waals surface area contributed by atoms with Crippen LogP contribution < -0.4 is 4.90 Å². The van der Waals surface area contributed by atoms with Crippen molar-refractivity contribution < 1.29 is 4.79 Å². The minimum atomic E-state index is 0.0110. The molecule has 1 aromatic carbocycles. The summed E-state index contributed by atoms with van der Waals surface area (Å²) in [7, 11) is 1.87. The Morgan fingerprint density at radius 1 is 1.26 bits per heavy atom. The van der Waals surface area contributed by atoms with Crippen molar-refractivity contribution in [1.82, 2.24) is 4.98 Å². The van der Waals surface area contributed by atoms with Crippen LogP contribution in [0.1, 0.15) is 22.8 Å². The lowest BCUT2D eigenvalue weighted by molar-refractivity contribution is 0.101. The second kappa shape index (κ2) is 5.32. The van der Waals surface area contributed by atoms with Gasteiger partial charge in [0.1, 0.15) is 5.82 Å². The number of ketones is 1. The minimum absolute atomic E-state index is 0.0110. The number of benzene rings is 1. The molecule has 0 radical (unpaired) electrons. The first kappa shape index (κ1) is 12.8. The van der Waals surface area contributed by atoms with Crippen LogP contribution in [0.5, 0.6) is 0 Å². The Balaban J connectivity index is 2.32. The third kappa shape index (κ3) is 2.78. The van der Waals surface area contributed by atoms with Gasteiger partial charge in [-0.05, 0) is 43.3 Å². The normalized spacial score (nSPS) is 9.74. The van der Waals surface area contributed by atoms with Gasteiger partial charge in [-0.25, -0.2) is 4.98 Å². The summed E-state index contributed by atoms with van der Waals surface area (Å²) in [4.78, 5) is 17.5. The van der Waals surface area contributed by atoms with Crippen LogP contribution in [0.15, 0.2) is 42.6 Å². The maximum atomic E-state index is 11.4. The molecule has 4 nitrogen and oxygen atoms in total. The van der Waals surface area contributed by atoms with Gasteiger partial charge in [-0.2, -0.15) is 5.26 Å². The summed E-state index contributed by atoms with van der Waals surface area (Å²) in [6, 6.07) is 12.7. The predicted octanol–water partition coefficient (Wildman–Crippen LogP) is 2.92. The number of hydrogen-bond acceptors (Lipinski definition) is 4. The summed E-state index contributed by atoms with van der Waals surface area (Å²) >= 11 is 0. The molecule has 0 aliphatic rings. The number of nitriles is 1. The summed E-state index contributed by atoms with van der Waals surface area (Å²) in [5, 5.41) is 8.77. The van der Waals surface area contributed by atoms with Crippen LogP contribution in [-0.4, -0.2) is 17.8 Å². The highest BCUT2D eigenvalue weighted by molar-refractivity contribution is 5.94. The van der Waals surface area contributed by atoms with Crippen LogP contribution >= 0.6 is 0 Å². The maximum Gasteiger partial charge on any atom is 0.159 e. The second-order valence-corrected chi connectivity index (χ2v) is 4.18. The Hall–Kier alpha value is -2.67. The molecule has 0 bridgehead atoms. The Bertz CT molecular complexity index is 641. The molecule has 0 spiro atoms. The standard InChI is InChI=1S/C15H13N3O/c1-11(19)13-7-8-17-15(9-13)18(2)14-5-3-12(10-16)4-6-14/h3-9H,1-2H3. The zero-order chi connectivity index (χ0) is 13.8. The quantitative estimate of drug-likeness (QED) is 0.787. The molecule has 0 amide bonds. The van der Waals surface area contributed by atoms with E-state index in [0.717, 1.165) is 5.69 Å². The van der Waals surface area contributed by atoms with E-state index in [0.29, 0.717) is 16.9 Å². The molecule has 0 atom stereocenters. The van der Waals surface area contributed by atoms with E-state index < -0.39 is 0 Å². The molecular weight excluding hydrogens is 238 g/mol. The zero-order valence-electron chi connectivity index (χ0n) is 10.8. The molecule has 0 saturated heterocycles. The average Bonchev–Trinajstić information content (AvgIpc) is 2.46. The number of Topliss-reactive ketones (excluding diaryl/α,β-unsaturated/α-hetero) is 1. The first-order chi connectivity index (χ1) is 9.11. The van der Waals surface area contributed by atoms with E-state index in [1.165, 1.54) is 6.92 Å². The third-order valence-corrected chi connectivity index (χ3v) is 2.88. The fraction of sp³-hybridized carbons (Fsp3) is 0.133. The SMILES string of the molecule is CC(=O)c1ccnc(N(C)c2ccc(C#N)cc2)c1. The van der Waals surface area contributed by atoms with Gasteiger partial charge in [-0.1, -0.05) is 0 Å². The first-order valence-electron chi connectivity index (χ1n) is 5.82. The number of carbonyl (C=O) groups excluding carboxylic acids is 1. The number of anilines is 2. The van der Waals surface area contributed by atoms with Crippen molar-refractivity contribution in [3.05, 3.63) is 53.7 Å². The maximum absolute atomic E-state index is 11.4. The van der Waals surface area contributed by atoms with E-state index in [9.17, 15) is 4.79 Å². The van der Waals surface area contributed by atoms with Gasteiger partial charge in [0.05, 0.1) is 11.6 Å². The molecule has 2 rings (SSSR count). The van der Waals surface area contributed by atoms with Gasteiger partial charge in [-0.15, -0.1) is 0 Å². The highest BCUT2D eigenvalue weighted by atomic mass is 16.1. The predicted molar refractivity (Wildman–Crippen MR) is 73.5 cm³/mol. The molecule has 94 valence electrons. The summed E-state index contributed by atoms with van der Waals surface area (Å²) < 4.78 is 0. The molecule has 0 N–H and O–H groups in total. The first-order valence-corrected chi connectivity index (χ1v) is 5.82. The number of rotatable bonds is 3. The minimum Gasteiger partial charge on any atom is -0.329 e. The van der Waals surface area contributed by atoms with Gasteiger partial charge in [-0.3, -0.25) is 4.79 Å². The molecule has 2 aromatic rings. The number of hydrogen-bond donors (Lipinski definition) is 0. The van der Waals surface area contributed by atoms with Crippen LogP contribution in [0.2, 0.25) is 0 Å². The van der Waals surface area contributed by atoms with Crippen molar-refractivity contribution >= 4 is 17.3 Å². The Kier molecular flexibility index (Phi) is 3.58. The van der Waals surface area contributed by atoms with E-state index in [-0.39, 0.29) is 5.78 Å². The fourth-order valence-electron chi connectivity index (χ4n) is 1.71. The van der Waals surface area contributed by atoms with Gasteiger partial charge in [0.15, 0.2) is 5.78 Å². The number of pyridine rings is 1. The Labute approximate surface area is 111 Å². The number of nitrogens with zero attached hydrogens (tertiary/aromatic N) is 3. The van der Waals surface area contributed by atoms with E-state index in [1.54, 1.807) is 30.5 Å².